The van der Waals surface area contributed by atoms with Crippen molar-refractivity contribution in [3.8, 4) is 0 Å². The highest BCUT2D eigenvalue weighted by atomic mass is 79.9. The third kappa shape index (κ3) is 3.16. The summed E-state index contributed by atoms with van der Waals surface area (Å²) in [6.07, 6.45) is 2.23. The van der Waals surface area contributed by atoms with Crippen LogP contribution >= 0.6 is 15.9 Å². The van der Waals surface area contributed by atoms with Crippen molar-refractivity contribution in [3.63, 3.8) is 0 Å². The first kappa shape index (κ1) is 15.5. The van der Waals surface area contributed by atoms with Crippen molar-refractivity contribution >= 4 is 27.8 Å². The quantitative estimate of drug-likeness (QED) is 0.887. The number of carbonyl (C=O) groups is 2. The molecule has 1 saturated heterocycles. The van der Waals surface area contributed by atoms with Crippen LogP contribution < -0.4 is 0 Å². The number of rotatable bonds is 4. The fraction of sp³-hybridized carbons (Fsp3) is 0.500. The maximum atomic E-state index is 13.5. The number of benzene rings is 1. The first-order valence-electron chi connectivity index (χ1n) is 7.40. The second-order valence-corrected chi connectivity index (χ2v) is 7.02. The van der Waals surface area contributed by atoms with E-state index in [1.54, 1.807) is 17.0 Å². The minimum Gasteiger partial charge on any atom is -0.481 e. The third-order valence-corrected chi connectivity index (χ3v) is 5.25. The highest BCUT2D eigenvalue weighted by Gasteiger charge is 2.46. The molecule has 6 heteroatoms. The van der Waals surface area contributed by atoms with Crippen molar-refractivity contribution in [2.45, 2.75) is 19.3 Å². The van der Waals surface area contributed by atoms with Gasteiger partial charge in [0.25, 0.3) is 0 Å². The van der Waals surface area contributed by atoms with E-state index in [1.807, 2.05) is 0 Å². The summed E-state index contributed by atoms with van der Waals surface area (Å²) in [5.74, 6) is -1.28. The SMILES string of the molecule is O=C(O)[C@H]1CN(C(=O)Cc2ccc(Br)c(F)c2)C[C@@H]1C1CC1. The van der Waals surface area contributed by atoms with Gasteiger partial charge in [0.2, 0.25) is 5.91 Å². The number of hydrogen-bond acceptors (Lipinski definition) is 2. The summed E-state index contributed by atoms with van der Waals surface area (Å²) in [7, 11) is 0. The summed E-state index contributed by atoms with van der Waals surface area (Å²) in [5.41, 5.74) is 0.604. The summed E-state index contributed by atoms with van der Waals surface area (Å²) in [5, 5.41) is 9.32. The second kappa shape index (κ2) is 5.99. The van der Waals surface area contributed by atoms with Crippen LogP contribution in [0.1, 0.15) is 18.4 Å². The fourth-order valence-corrected chi connectivity index (χ4v) is 3.48. The van der Waals surface area contributed by atoms with Gasteiger partial charge in [-0.2, -0.15) is 0 Å². The average Bonchev–Trinajstić information content (AvgIpc) is 3.21. The van der Waals surface area contributed by atoms with E-state index in [1.165, 1.54) is 6.07 Å². The topological polar surface area (TPSA) is 57.6 Å². The van der Waals surface area contributed by atoms with Crippen molar-refractivity contribution in [1.29, 1.82) is 0 Å². The van der Waals surface area contributed by atoms with Crippen molar-refractivity contribution in [2.75, 3.05) is 13.1 Å². The molecule has 22 heavy (non-hydrogen) atoms. The van der Waals surface area contributed by atoms with Gasteiger partial charge in [0, 0.05) is 13.1 Å². The van der Waals surface area contributed by atoms with E-state index in [-0.39, 0.29) is 24.8 Å². The van der Waals surface area contributed by atoms with Gasteiger partial charge in [-0.1, -0.05) is 6.07 Å². The predicted molar refractivity (Wildman–Crippen MR) is 81.7 cm³/mol. The van der Waals surface area contributed by atoms with Gasteiger partial charge in [0.05, 0.1) is 16.8 Å². The van der Waals surface area contributed by atoms with Crippen LogP contribution in [0.4, 0.5) is 4.39 Å². The summed E-state index contributed by atoms with van der Waals surface area (Å²) >= 11 is 3.08. The van der Waals surface area contributed by atoms with Gasteiger partial charge in [0.15, 0.2) is 0 Å². The average molecular weight is 370 g/mol. The van der Waals surface area contributed by atoms with Crippen LogP contribution in [-0.4, -0.2) is 35.0 Å². The Morgan fingerprint density at radius 2 is 2.05 bits per heavy atom. The molecule has 1 heterocycles. The molecule has 1 aromatic carbocycles. The number of hydrogen-bond donors (Lipinski definition) is 1. The zero-order valence-electron chi connectivity index (χ0n) is 12.0. The summed E-state index contributed by atoms with van der Waals surface area (Å²) < 4.78 is 13.9. The van der Waals surface area contributed by atoms with Crippen LogP contribution in [-0.2, 0) is 16.0 Å². The zero-order valence-corrected chi connectivity index (χ0v) is 13.6. The minimum absolute atomic E-state index is 0.0723. The number of carboxylic acid groups (broad SMARTS) is 1. The third-order valence-electron chi connectivity index (χ3n) is 4.60. The molecule has 0 aromatic heterocycles. The van der Waals surface area contributed by atoms with Gasteiger partial charge in [0.1, 0.15) is 5.82 Å². The summed E-state index contributed by atoms with van der Waals surface area (Å²) in [4.78, 5) is 25.4. The molecular weight excluding hydrogens is 353 g/mol. The van der Waals surface area contributed by atoms with Crippen molar-refractivity contribution in [3.05, 3.63) is 34.1 Å². The van der Waals surface area contributed by atoms with Gasteiger partial charge in [-0.05, 0) is 58.3 Å². The van der Waals surface area contributed by atoms with Gasteiger partial charge >= 0.3 is 5.97 Å². The summed E-state index contributed by atoms with van der Waals surface area (Å²) in [6.45, 7) is 0.786. The lowest BCUT2D eigenvalue weighted by Crippen LogP contribution is -2.31. The molecule has 4 nitrogen and oxygen atoms in total. The van der Waals surface area contributed by atoms with E-state index >= 15 is 0 Å². The Morgan fingerprint density at radius 3 is 2.64 bits per heavy atom. The molecule has 0 spiro atoms. The molecule has 3 rings (SSSR count). The molecule has 1 saturated carbocycles. The van der Waals surface area contributed by atoms with Crippen LogP contribution in [0.25, 0.3) is 0 Å². The van der Waals surface area contributed by atoms with Crippen molar-refractivity contribution in [1.82, 2.24) is 4.90 Å². The second-order valence-electron chi connectivity index (χ2n) is 6.17. The molecule has 2 aliphatic rings. The van der Waals surface area contributed by atoms with Gasteiger partial charge in [-0.25, -0.2) is 4.39 Å². The molecule has 0 radical (unpaired) electrons. The van der Waals surface area contributed by atoms with E-state index in [0.29, 0.717) is 22.5 Å². The van der Waals surface area contributed by atoms with Crippen LogP contribution in [0.15, 0.2) is 22.7 Å². The van der Waals surface area contributed by atoms with E-state index in [0.717, 1.165) is 12.8 Å². The zero-order chi connectivity index (χ0) is 15.9. The number of amides is 1. The molecule has 0 bridgehead atoms. The Kier molecular flexibility index (Phi) is 4.21. The van der Waals surface area contributed by atoms with E-state index in [2.05, 4.69) is 15.9 Å². The smallest absolute Gasteiger partial charge is 0.308 e. The summed E-state index contributed by atoms with van der Waals surface area (Å²) in [6, 6.07) is 4.62. The minimum atomic E-state index is -0.818. The Hall–Kier alpha value is -1.43. The lowest BCUT2D eigenvalue weighted by atomic mass is 9.92. The van der Waals surface area contributed by atoms with Gasteiger partial charge in [-0.3, -0.25) is 9.59 Å². The number of nitrogens with zero attached hydrogens (tertiary/aromatic N) is 1. The van der Waals surface area contributed by atoms with Crippen molar-refractivity contribution < 1.29 is 19.1 Å². The Bertz CT molecular complexity index is 617. The number of carboxylic acids is 1. The Labute approximate surface area is 136 Å². The standard InChI is InChI=1S/C16H17BrFNO3/c17-13-4-1-9(5-14(13)18)6-15(20)19-7-11(10-2-3-10)12(8-19)16(21)22/h1,4-5,10-12H,2-3,6-8H2,(H,21,22)/t11-,12+/m1/s1. The van der Waals surface area contributed by atoms with E-state index in [9.17, 15) is 19.1 Å². The monoisotopic (exact) mass is 369 g/mol. The molecule has 1 aliphatic heterocycles. The van der Waals surface area contributed by atoms with Crippen LogP contribution in [0.2, 0.25) is 0 Å². The lowest BCUT2D eigenvalue weighted by molar-refractivity contribution is -0.142. The molecular formula is C16H17BrFNO3. The molecule has 1 N–H and O–H groups in total. The maximum absolute atomic E-state index is 13.5. The highest BCUT2D eigenvalue weighted by molar-refractivity contribution is 9.10. The van der Waals surface area contributed by atoms with Gasteiger partial charge < -0.3 is 10.0 Å². The number of likely N-dealkylation sites (tertiary alicyclic amines) is 1. The highest BCUT2D eigenvalue weighted by Crippen LogP contribution is 2.44. The number of carbonyl (C=O) groups excluding carboxylic acids is 1. The van der Waals surface area contributed by atoms with Crippen LogP contribution in [0.5, 0.6) is 0 Å². The molecule has 118 valence electrons. The molecule has 1 aliphatic carbocycles. The Morgan fingerprint density at radius 1 is 1.32 bits per heavy atom. The van der Waals surface area contributed by atoms with E-state index in [4.69, 9.17) is 0 Å². The first-order valence-corrected chi connectivity index (χ1v) is 8.19. The Balaban J connectivity index is 1.67. The molecule has 0 unspecified atom stereocenters. The van der Waals surface area contributed by atoms with Crippen LogP contribution in [0, 0.1) is 23.6 Å². The largest absolute Gasteiger partial charge is 0.481 e. The molecule has 2 atom stereocenters. The maximum Gasteiger partial charge on any atom is 0.308 e. The van der Waals surface area contributed by atoms with E-state index < -0.39 is 17.7 Å². The molecule has 2 fully saturated rings. The normalized spacial score (nSPS) is 24.5. The molecule has 1 amide bonds. The van der Waals surface area contributed by atoms with Crippen molar-refractivity contribution in [2.24, 2.45) is 17.8 Å². The van der Waals surface area contributed by atoms with Crippen LogP contribution in [0.3, 0.4) is 0 Å². The molecule has 1 aromatic rings. The number of aliphatic carboxylic acids is 1. The van der Waals surface area contributed by atoms with Gasteiger partial charge in [-0.15, -0.1) is 0 Å². The predicted octanol–water partition coefficient (Wildman–Crippen LogP) is 2.70. The number of halogens is 2. The fourth-order valence-electron chi connectivity index (χ4n) is 3.23. The lowest BCUT2D eigenvalue weighted by Gasteiger charge is -2.16. The first-order chi connectivity index (χ1) is 10.5.